The first kappa shape index (κ1) is 20.8. The highest BCUT2D eigenvalue weighted by Gasteiger charge is 2.24. The molecule has 0 unspecified atom stereocenters. The van der Waals surface area contributed by atoms with Crippen molar-refractivity contribution < 1.29 is 23.6 Å². The van der Waals surface area contributed by atoms with Gasteiger partial charge in [0.2, 0.25) is 0 Å². The van der Waals surface area contributed by atoms with Crippen LogP contribution in [0.15, 0.2) is 59.0 Å². The number of morpholine rings is 1. The number of para-hydroxylation sites is 1. The van der Waals surface area contributed by atoms with Crippen molar-refractivity contribution in [1.29, 1.82) is 0 Å². The number of fused-ring (bicyclic) bond motifs is 3. The van der Waals surface area contributed by atoms with Gasteiger partial charge in [0.05, 0.1) is 30.9 Å². The van der Waals surface area contributed by atoms with Gasteiger partial charge in [-0.05, 0) is 24.3 Å². The Hall–Kier alpha value is -4.11. The number of nitrogens with zero attached hydrogens (tertiary/aromatic N) is 2. The largest absolute Gasteiger partial charge is 0.495 e. The van der Waals surface area contributed by atoms with Gasteiger partial charge in [0, 0.05) is 41.6 Å². The SMILES string of the molecule is COc1cc2c(cc1NC(=O)c1ccc(N3CCOCC3)c([N+](=O)[O-])c1)oc1ccccc12. The van der Waals surface area contributed by atoms with Gasteiger partial charge in [-0.3, -0.25) is 14.9 Å². The zero-order valence-electron chi connectivity index (χ0n) is 17.9. The number of ether oxygens (including phenoxy) is 2. The molecule has 1 saturated heterocycles. The number of furan rings is 1. The molecule has 168 valence electrons. The van der Waals surface area contributed by atoms with E-state index in [1.54, 1.807) is 24.3 Å². The van der Waals surface area contributed by atoms with E-state index >= 15 is 0 Å². The van der Waals surface area contributed by atoms with E-state index in [1.165, 1.54) is 13.2 Å². The van der Waals surface area contributed by atoms with Crippen LogP contribution in [-0.2, 0) is 4.74 Å². The number of nitrogens with one attached hydrogen (secondary N) is 1. The molecule has 0 radical (unpaired) electrons. The molecule has 0 atom stereocenters. The summed E-state index contributed by atoms with van der Waals surface area (Å²) in [6.07, 6.45) is 0. The minimum atomic E-state index is -0.486. The van der Waals surface area contributed by atoms with Crippen molar-refractivity contribution in [3.05, 3.63) is 70.3 Å². The Balaban J connectivity index is 1.48. The lowest BCUT2D eigenvalue weighted by molar-refractivity contribution is -0.384. The number of carbonyl (C=O) groups is 1. The summed E-state index contributed by atoms with van der Waals surface area (Å²) in [4.78, 5) is 26.1. The third kappa shape index (κ3) is 3.83. The number of rotatable bonds is 5. The molecule has 4 aromatic rings. The quantitative estimate of drug-likeness (QED) is 0.352. The van der Waals surface area contributed by atoms with Crippen LogP contribution in [0.3, 0.4) is 0 Å². The second kappa shape index (κ2) is 8.44. The van der Waals surface area contributed by atoms with Gasteiger partial charge in [0.15, 0.2) is 0 Å². The van der Waals surface area contributed by atoms with Gasteiger partial charge in [-0.15, -0.1) is 0 Å². The van der Waals surface area contributed by atoms with Crippen LogP contribution in [0.2, 0.25) is 0 Å². The number of nitro benzene ring substituents is 1. The Morgan fingerprint density at radius 3 is 2.61 bits per heavy atom. The van der Waals surface area contributed by atoms with E-state index in [0.29, 0.717) is 49.0 Å². The third-order valence-corrected chi connectivity index (χ3v) is 5.73. The van der Waals surface area contributed by atoms with E-state index in [4.69, 9.17) is 13.9 Å². The predicted molar refractivity (Wildman–Crippen MR) is 124 cm³/mol. The molecule has 1 aliphatic rings. The van der Waals surface area contributed by atoms with Crippen LogP contribution in [0.4, 0.5) is 17.1 Å². The Bertz CT molecular complexity index is 1370. The van der Waals surface area contributed by atoms with Gasteiger partial charge in [-0.1, -0.05) is 18.2 Å². The van der Waals surface area contributed by atoms with Crippen LogP contribution in [0, 0.1) is 10.1 Å². The molecule has 0 spiro atoms. The molecule has 1 amide bonds. The molecular formula is C24H21N3O6. The number of anilines is 2. The number of carbonyl (C=O) groups excluding carboxylic acids is 1. The number of hydrogen-bond donors (Lipinski definition) is 1. The zero-order valence-corrected chi connectivity index (χ0v) is 17.9. The Kier molecular flexibility index (Phi) is 5.31. The van der Waals surface area contributed by atoms with Crippen LogP contribution < -0.4 is 15.0 Å². The number of methoxy groups -OCH3 is 1. The summed E-state index contributed by atoms with van der Waals surface area (Å²) < 4.78 is 16.7. The van der Waals surface area contributed by atoms with E-state index < -0.39 is 10.8 Å². The number of amides is 1. The summed E-state index contributed by atoms with van der Waals surface area (Å²) in [5.41, 5.74) is 2.26. The summed E-state index contributed by atoms with van der Waals surface area (Å²) in [5, 5.41) is 16.3. The molecule has 9 heteroatoms. The van der Waals surface area contributed by atoms with Gasteiger partial charge < -0.3 is 24.1 Å². The fourth-order valence-corrected chi connectivity index (χ4v) is 4.10. The van der Waals surface area contributed by atoms with Crippen molar-refractivity contribution in [1.82, 2.24) is 0 Å². The van der Waals surface area contributed by atoms with Gasteiger partial charge in [-0.2, -0.15) is 0 Å². The number of benzene rings is 3. The third-order valence-electron chi connectivity index (χ3n) is 5.73. The normalized spacial score (nSPS) is 13.9. The molecule has 1 N–H and O–H groups in total. The Morgan fingerprint density at radius 2 is 1.85 bits per heavy atom. The van der Waals surface area contributed by atoms with Crippen molar-refractivity contribution >= 4 is 44.9 Å². The van der Waals surface area contributed by atoms with Crippen LogP contribution in [0.1, 0.15) is 10.4 Å². The van der Waals surface area contributed by atoms with Crippen LogP contribution in [-0.4, -0.2) is 44.2 Å². The molecular weight excluding hydrogens is 426 g/mol. The number of nitro groups is 1. The van der Waals surface area contributed by atoms with E-state index in [9.17, 15) is 14.9 Å². The van der Waals surface area contributed by atoms with Crippen molar-refractivity contribution in [2.75, 3.05) is 43.6 Å². The van der Waals surface area contributed by atoms with Gasteiger partial charge in [0.25, 0.3) is 11.6 Å². The highest BCUT2D eigenvalue weighted by atomic mass is 16.6. The van der Waals surface area contributed by atoms with E-state index in [0.717, 1.165) is 16.4 Å². The molecule has 0 saturated carbocycles. The van der Waals surface area contributed by atoms with Gasteiger partial charge in [-0.25, -0.2) is 0 Å². The van der Waals surface area contributed by atoms with Crippen molar-refractivity contribution in [2.45, 2.75) is 0 Å². The molecule has 2 heterocycles. The predicted octanol–water partition coefficient (Wildman–Crippen LogP) is 4.59. The standard InChI is InChI=1S/C24H21N3O6/c1-31-23-13-17-16-4-2-3-5-21(16)33-22(17)14-18(23)25-24(28)15-6-7-19(20(12-15)27(29)30)26-8-10-32-11-9-26/h2-7,12-14H,8-11H2,1H3,(H,25,28). The molecule has 0 bridgehead atoms. The van der Waals surface area contributed by atoms with Crippen LogP contribution in [0.5, 0.6) is 5.75 Å². The Labute approximate surface area is 188 Å². The highest BCUT2D eigenvalue weighted by Crippen LogP contribution is 2.37. The van der Waals surface area contributed by atoms with Crippen LogP contribution in [0.25, 0.3) is 21.9 Å². The van der Waals surface area contributed by atoms with Crippen molar-refractivity contribution in [2.24, 2.45) is 0 Å². The van der Waals surface area contributed by atoms with Gasteiger partial charge >= 0.3 is 0 Å². The smallest absolute Gasteiger partial charge is 0.293 e. The van der Waals surface area contributed by atoms with Crippen LogP contribution >= 0.6 is 0 Å². The van der Waals surface area contributed by atoms with Crippen molar-refractivity contribution in [3.63, 3.8) is 0 Å². The summed E-state index contributed by atoms with van der Waals surface area (Å²) in [5.74, 6) is -0.0257. The van der Waals surface area contributed by atoms with E-state index in [2.05, 4.69) is 5.32 Å². The van der Waals surface area contributed by atoms with E-state index in [-0.39, 0.29) is 11.3 Å². The molecule has 5 rings (SSSR count). The fraction of sp³-hybridized carbons (Fsp3) is 0.208. The molecule has 0 aliphatic carbocycles. The average molecular weight is 447 g/mol. The maximum atomic E-state index is 13.0. The summed E-state index contributed by atoms with van der Waals surface area (Å²) in [6, 6.07) is 15.6. The monoisotopic (exact) mass is 447 g/mol. The topological polar surface area (TPSA) is 107 Å². The number of hydrogen-bond acceptors (Lipinski definition) is 7. The van der Waals surface area contributed by atoms with Crippen molar-refractivity contribution in [3.8, 4) is 5.75 Å². The minimum absolute atomic E-state index is 0.121. The summed E-state index contributed by atoms with van der Waals surface area (Å²) in [7, 11) is 1.51. The molecule has 9 nitrogen and oxygen atoms in total. The van der Waals surface area contributed by atoms with E-state index in [1.807, 2.05) is 29.2 Å². The first-order chi connectivity index (χ1) is 16.0. The highest BCUT2D eigenvalue weighted by molar-refractivity contribution is 6.10. The molecule has 1 aliphatic heterocycles. The fourth-order valence-electron chi connectivity index (χ4n) is 4.10. The minimum Gasteiger partial charge on any atom is -0.495 e. The lowest BCUT2D eigenvalue weighted by Gasteiger charge is -2.28. The molecule has 1 fully saturated rings. The summed E-state index contributed by atoms with van der Waals surface area (Å²) >= 11 is 0. The first-order valence-corrected chi connectivity index (χ1v) is 10.5. The average Bonchev–Trinajstić information content (AvgIpc) is 3.21. The second-order valence-corrected chi connectivity index (χ2v) is 7.66. The molecule has 1 aromatic heterocycles. The maximum Gasteiger partial charge on any atom is 0.293 e. The zero-order chi connectivity index (χ0) is 22.9. The maximum absolute atomic E-state index is 13.0. The molecule has 33 heavy (non-hydrogen) atoms. The lowest BCUT2D eigenvalue weighted by atomic mass is 10.1. The lowest BCUT2D eigenvalue weighted by Crippen LogP contribution is -2.36. The first-order valence-electron chi connectivity index (χ1n) is 10.5. The second-order valence-electron chi connectivity index (χ2n) is 7.66. The Morgan fingerprint density at radius 1 is 1.06 bits per heavy atom. The summed E-state index contributed by atoms with van der Waals surface area (Å²) in [6.45, 7) is 2.12. The molecule has 3 aromatic carbocycles. The van der Waals surface area contributed by atoms with Gasteiger partial charge in [0.1, 0.15) is 22.6 Å².